The molecular weight excluding hydrogens is 743 g/mol. The van der Waals surface area contributed by atoms with Gasteiger partial charge in [-0.3, -0.25) is 0 Å². The fourth-order valence-electron chi connectivity index (χ4n) is 9.15. The molecule has 0 aliphatic heterocycles. The van der Waals surface area contributed by atoms with Crippen LogP contribution in [-0.2, 0) is 0 Å². The summed E-state index contributed by atoms with van der Waals surface area (Å²) in [5.74, 6) is 0.618. The maximum Gasteiger partial charge on any atom is 0.227 e. The molecule has 0 radical (unpaired) electrons. The molecule has 0 bridgehead atoms. The van der Waals surface area contributed by atoms with Gasteiger partial charge in [-0.25, -0.2) is 4.98 Å². The van der Waals surface area contributed by atoms with E-state index in [0.717, 1.165) is 72.0 Å². The molecule has 61 heavy (non-hydrogen) atoms. The topological polar surface area (TPSA) is 34.2 Å². The van der Waals surface area contributed by atoms with Crippen LogP contribution in [0.4, 0.5) is 17.1 Å². The quantitative estimate of drug-likeness (QED) is 0.151. The van der Waals surface area contributed by atoms with E-state index in [9.17, 15) is 0 Å². The van der Waals surface area contributed by atoms with Crippen molar-refractivity contribution >= 4 is 71.5 Å². The first-order chi connectivity index (χ1) is 30.2. The van der Waals surface area contributed by atoms with Gasteiger partial charge in [0.1, 0.15) is 5.52 Å². The summed E-state index contributed by atoms with van der Waals surface area (Å²) in [4.78, 5) is 7.37. The summed E-state index contributed by atoms with van der Waals surface area (Å²) in [6.45, 7) is 0. The fourth-order valence-corrected chi connectivity index (χ4v) is 9.15. The number of oxazole rings is 1. The highest BCUT2D eigenvalue weighted by Crippen LogP contribution is 2.45. The summed E-state index contributed by atoms with van der Waals surface area (Å²) >= 11 is 0. The van der Waals surface area contributed by atoms with Crippen LogP contribution in [0, 0.1) is 0 Å². The molecule has 0 unspecified atom stereocenters. The standard InChI is InChI=1S/C57H37N3O/c1-5-15-38(16-6-1)47-32-30-45(35-49(47)39-17-7-2-8-18-39)59(46-31-34-54-51(37-46)48-23-13-14-24-53(48)60(54)43-21-11-4-12-22-43)44-29-27-40-25-26-41-28-33-52-56(55(41)50(40)36-44)61-57(58-52)42-19-9-3-10-20-42/h1-37H. The minimum atomic E-state index is 0.618. The molecule has 12 rings (SSSR count). The van der Waals surface area contributed by atoms with Gasteiger partial charge in [0.25, 0.3) is 0 Å². The molecule has 10 aromatic carbocycles. The number of aromatic nitrogens is 2. The van der Waals surface area contributed by atoms with E-state index < -0.39 is 0 Å². The third kappa shape index (κ3) is 5.88. The molecule has 0 amide bonds. The van der Waals surface area contributed by atoms with Crippen molar-refractivity contribution in [1.82, 2.24) is 9.55 Å². The molecule has 0 spiro atoms. The van der Waals surface area contributed by atoms with Gasteiger partial charge < -0.3 is 13.9 Å². The molecular formula is C57H37N3O. The SMILES string of the molecule is c1ccc(-c2nc3ccc4ccc5ccc(N(c6ccc(-c7ccccc7)c(-c7ccccc7)c6)c6ccc7c(c6)c6ccccc6n7-c6ccccc6)cc5c4c3o2)cc1. The smallest absolute Gasteiger partial charge is 0.227 e. The summed E-state index contributed by atoms with van der Waals surface area (Å²) in [5, 5.41) is 6.79. The zero-order valence-corrected chi connectivity index (χ0v) is 33.1. The molecule has 2 aromatic heterocycles. The van der Waals surface area contributed by atoms with E-state index in [0.29, 0.717) is 5.89 Å². The van der Waals surface area contributed by atoms with Crippen molar-refractivity contribution in [2.45, 2.75) is 0 Å². The Bertz CT molecular complexity index is 3570. The molecule has 0 N–H and O–H groups in total. The Morgan fingerprint density at radius 3 is 1.69 bits per heavy atom. The Balaban J connectivity index is 1.12. The van der Waals surface area contributed by atoms with Crippen molar-refractivity contribution in [2.24, 2.45) is 0 Å². The first kappa shape index (κ1) is 34.8. The summed E-state index contributed by atoms with van der Waals surface area (Å²) in [6, 6.07) is 80.1. The highest BCUT2D eigenvalue weighted by atomic mass is 16.3. The van der Waals surface area contributed by atoms with E-state index in [1.807, 2.05) is 30.3 Å². The van der Waals surface area contributed by atoms with Crippen LogP contribution in [-0.4, -0.2) is 9.55 Å². The second-order valence-corrected chi connectivity index (χ2v) is 15.6. The third-order valence-electron chi connectivity index (χ3n) is 12.0. The van der Waals surface area contributed by atoms with E-state index in [1.165, 1.54) is 33.0 Å². The average Bonchev–Trinajstić information content (AvgIpc) is 3.92. The largest absolute Gasteiger partial charge is 0.435 e. The van der Waals surface area contributed by atoms with Crippen molar-refractivity contribution in [3.8, 4) is 39.4 Å². The molecule has 4 heteroatoms. The number of anilines is 3. The maximum atomic E-state index is 6.67. The molecule has 0 saturated carbocycles. The Morgan fingerprint density at radius 2 is 0.934 bits per heavy atom. The average molecular weight is 780 g/mol. The number of hydrogen-bond donors (Lipinski definition) is 0. The van der Waals surface area contributed by atoms with Crippen LogP contribution >= 0.6 is 0 Å². The lowest BCUT2D eigenvalue weighted by atomic mass is 9.93. The van der Waals surface area contributed by atoms with E-state index in [4.69, 9.17) is 9.40 Å². The van der Waals surface area contributed by atoms with Gasteiger partial charge in [-0.05, 0) is 117 Å². The first-order valence-corrected chi connectivity index (χ1v) is 20.7. The molecule has 12 aromatic rings. The number of hydrogen-bond acceptors (Lipinski definition) is 3. The Kier molecular flexibility index (Phi) is 8.13. The monoisotopic (exact) mass is 779 g/mol. The van der Waals surface area contributed by atoms with Crippen LogP contribution in [0.3, 0.4) is 0 Å². The number of nitrogens with zero attached hydrogens (tertiary/aromatic N) is 3. The predicted molar refractivity (Wildman–Crippen MR) is 254 cm³/mol. The van der Waals surface area contributed by atoms with E-state index in [1.54, 1.807) is 0 Å². The zero-order chi connectivity index (χ0) is 40.3. The highest BCUT2D eigenvalue weighted by molar-refractivity contribution is 6.19. The number of para-hydroxylation sites is 2. The molecule has 2 heterocycles. The second-order valence-electron chi connectivity index (χ2n) is 15.6. The van der Waals surface area contributed by atoms with E-state index >= 15 is 0 Å². The van der Waals surface area contributed by atoms with Gasteiger partial charge in [-0.15, -0.1) is 0 Å². The highest BCUT2D eigenvalue weighted by Gasteiger charge is 2.21. The summed E-state index contributed by atoms with van der Waals surface area (Å²) in [5.41, 5.74) is 13.9. The van der Waals surface area contributed by atoms with Crippen molar-refractivity contribution < 1.29 is 4.42 Å². The molecule has 286 valence electrons. The van der Waals surface area contributed by atoms with Gasteiger partial charge >= 0.3 is 0 Å². The van der Waals surface area contributed by atoms with Crippen molar-refractivity contribution in [1.29, 1.82) is 0 Å². The lowest BCUT2D eigenvalue weighted by Gasteiger charge is -2.27. The summed E-state index contributed by atoms with van der Waals surface area (Å²) in [6.07, 6.45) is 0. The predicted octanol–water partition coefficient (Wildman–Crippen LogP) is 15.7. The summed E-state index contributed by atoms with van der Waals surface area (Å²) < 4.78 is 9.04. The van der Waals surface area contributed by atoms with Crippen LogP contribution in [0.25, 0.3) is 93.8 Å². The van der Waals surface area contributed by atoms with Crippen LogP contribution in [0.2, 0.25) is 0 Å². The third-order valence-corrected chi connectivity index (χ3v) is 12.0. The number of rotatable bonds is 7. The van der Waals surface area contributed by atoms with Crippen molar-refractivity contribution in [3.05, 3.63) is 224 Å². The zero-order valence-electron chi connectivity index (χ0n) is 33.1. The van der Waals surface area contributed by atoms with Gasteiger partial charge in [0.05, 0.1) is 11.0 Å². The van der Waals surface area contributed by atoms with Gasteiger partial charge in [0.15, 0.2) is 5.58 Å². The fraction of sp³-hybridized carbons (Fsp3) is 0. The Hall–Kier alpha value is -8.21. The lowest BCUT2D eigenvalue weighted by Crippen LogP contribution is -2.10. The number of fused-ring (bicyclic) bond motifs is 8. The molecule has 4 nitrogen and oxygen atoms in total. The first-order valence-electron chi connectivity index (χ1n) is 20.7. The van der Waals surface area contributed by atoms with Crippen LogP contribution < -0.4 is 4.90 Å². The van der Waals surface area contributed by atoms with E-state index in [2.05, 4.69) is 204 Å². The lowest BCUT2D eigenvalue weighted by molar-refractivity contribution is 0.623. The molecule has 0 fully saturated rings. The molecule has 0 saturated heterocycles. The second kappa shape index (κ2) is 14.3. The van der Waals surface area contributed by atoms with Gasteiger partial charge in [-0.2, -0.15) is 0 Å². The summed E-state index contributed by atoms with van der Waals surface area (Å²) in [7, 11) is 0. The van der Waals surface area contributed by atoms with Crippen molar-refractivity contribution in [3.63, 3.8) is 0 Å². The Labute approximate surface area is 352 Å². The van der Waals surface area contributed by atoms with Gasteiger partial charge in [0.2, 0.25) is 5.89 Å². The van der Waals surface area contributed by atoms with Gasteiger partial charge in [0, 0.05) is 44.5 Å². The van der Waals surface area contributed by atoms with E-state index in [-0.39, 0.29) is 0 Å². The minimum Gasteiger partial charge on any atom is -0.435 e. The normalized spacial score (nSPS) is 11.6. The van der Waals surface area contributed by atoms with Crippen LogP contribution in [0.5, 0.6) is 0 Å². The number of benzene rings is 10. The van der Waals surface area contributed by atoms with Crippen LogP contribution in [0.1, 0.15) is 0 Å². The van der Waals surface area contributed by atoms with Crippen molar-refractivity contribution in [2.75, 3.05) is 4.90 Å². The van der Waals surface area contributed by atoms with Gasteiger partial charge in [-0.1, -0.05) is 146 Å². The molecule has 0 aliphatic carbocycles. The molecule has 0 aliphatic rings. The minimum absolute atomic E-state index is 0.618. The van der Waals surface area contributed by atoms with Crippen LogP contribution in [0.15, 0.2) is 229 Å². The molecule has 0 atom stereocenters. The maximum absolute atomic E-state index is 6.67. The Morgan fingerprint density at radius 1 is 0.393 bits per heavy atom.